The van der Waals surface area contributed by atoms with Gasteiger partial charge in [0, 0.05) is 51.0 Å². The Balaban J connectivity index is 1.46. The first-order valence-electron chi connectivity index (χ1n) is 10.3. The van der Waals surface area contributed by atoms with E-state index in [-0.39, 0.29) is 29.9 Å². The molecule has 0 saturated carbocycles. The van der Waals surface area contributed by atoms with Crippen molar-refractivity contribution in [3.8, 4) is 0 Å². The Morgan fingerprint density at radius 1 is 1.00 bits per heavy atom. The summed E-state index contributed by atoms with van der Waals surface area (Å²) in [6.45, 7) is 10.9. The quantitative estimate of drug-likeness (QED) is 0.695. The number of carbonyl (C=O) groups excluding carboxylic acids is 2. The van der Waals surface area contributed by atoms with E-state index in [0.717, 1.165) is 0 Å². The van der Waals surface area contributed by atoms with Crippen molar-refractivity contribution in [2.45, 2.75) is 52.4 Å². The molecule has 1 fully saturated rings. The Kier molecular flexibility index (Phi) is 6.35. The molecule has 0 radical (unpaired) electrons. The summed E-state index contributed by atoms with van der Waals surface area (Å²) in [5.74, 6) is 0.645. The fraction of sp³-hybridized carbons (Fsp3) is 0.545. The zero-order chi connectivity index (χ0) is 21.0. The van der Waals surface area contributed by atoms with E-state index in [2.05, 4.69) is 31.0 Å². The highest BCUT2D eigenvalue weighted by molar-refractivity contribution is 5.98. The number of piperazine rings is 1. The second-order valence-electron chi connectivity index (χ2n) is 8.45. The number of amides is 1. The standard InChI is InChI=1S/C22H30N4O3/c1-5-19-23-24-21(29-19)26-14-12-25(13-15-26)20(28)11-10-18(27)16-6-8-17(9-7-16)22(2,3)4/h6-9H,5,10-15H2,1-4H3. The monoisotopic (exact) mass is 398 g/mol. The first-order valence-corrected chi connectivity index (χ1v) is 10.3. The van der Waals surface area contributed by atoms with Crippen molar-refractivity contribution < 1.29 is 14.0 Å². The molecule has 0 atom stereocenters. The van der Waals surface area contributed by atoms with Crippen molar-refractivity contribution in [3.05, 3.63) is 41.3 Å². The Hall–Kier alpha value is -2.70. The van der Waals surface area contributed by atoms with Crippen LogP contribution in [0.4, 0.5) is 6.01 Å². The first-order chi connectivity index (χ1) is 13.8. The van der Waals surface area contributed by atoms with E-state index in [0.29, 0.717) is 50.1 Å². The van der Waals surface area contributed by atoms with Gasteiger partial charge in [0.2, 0.25) is 11.8 Å². The van der Waals surface area contributed by atoms with Crippen LogP contribution in [0, 0.1) is 0 Å². The van der Waals surface area contributed by atoms with Gasteiger partial charge < -0.3 is 14.2 Å². The molecule has 156 valence electrons. The van der Waals surface area contributed by atoms with Crippen molar-refractivity contribution in [2.24, 2.45) is 0 Å². The van der Waals surface area contributed by atoms with Crippen LogP contribution in [0.2, 0.25) is 0 Å². The SMILES string of the molecule is CCc1nnc(N2CCN(C(=O)CCC(=O)c3ccc(C(C)(C)C)cc3)CC2)o1. The molecule has 2 aromatic rings. The van der Waals surface area contributed by atoms with Gasteiger partial charge in [0.25, 0.3) is 0 Å². The Morgan fingerprint density at radius 2 is 1.66 bits per heavy atom. The molecule has 0 N–H and O–H groups in total. The lowest BCUT2D eigenvalue weighted by atomic mass is 9.86. The number of ketones is 1. The van der Waals surface area contributed by atoms with Gasteiger partial charge >= 0.3 is 6.01 Å². The van der Waals surface area contributed by atoms with Crippen LogP contribution in [-0.4, -0.2) is 53.0 Å². The Bertz CT molecular complexity index is 844. The predicted molar refractivity (Wildman–Crippen MR) is 111 cm³/mol. The van der Waals surface area contributed by atoms with Crippen LogP contribution in [0.1, 0.15) is 62.3 Å². The summed E-state index contributed by atoms with van der Waals surface area (Å²) < 4.78 is 5.58. The van der Waals surface area contributed by atoms with Crippen LogP contribution in [0.25, 0.3) is 0 Å². The molecule has 0 aliphatic carbocycles. The number of hydrogen-bond donors (Lipinski definition) is 0. The molecule has 1 saturated heterocycles. The van der Waals surface area contributed by atoms with E-state index >= 15 is 0 Å². The molecule has 1 amide bonds. The van der Waals surface area contributed by atoms with Gasteiger partial charge in [-0.05, 0) is 11.0 Å². The summed E-state index contributed by atoms with van der Waals surface area (Å²) in [6.07, 6.45) is 1.18. The van der Waals surface area contributed by atoms with Gasteiger partial charge in [-0.1, -0.05) is 57.1 Å². The molecule has 29 heavy (non-hydrogen) atoms. The van der Waals surface area contributed by atoms with Crippen molar-refractivity contribution in [1.29, 1.82) is 0 Å². The normalized spacial score (nSPS) is 14.9. The Morgan fingerprint density at radius 3 is 2.21 bits per heavy atom. The molecular formula is C22H30N4O3. The van der Waals surface area contributed by atoms with Gasteiger partial charge in [-0.15, -0.1) is 5.10 Å². The van der Waals surface area contributed by atoms with E-state index < -0.39 is 0 Å². The summed E-state index contributed by atoms with van der Waals surface area (Å²) in [5, 5.41) is 8.04. The Labute approximate surface area is 172 Å². The number of aromatic nitrogens is 2. The van der Waals surface area contributed by atoms with Gasteiger partial charge in [0.15, 0.2) is 5.78 Å². The zero-order valence-electron chi connectivity index (χ0n) is 17.8. The van der Waals surface area contributed by atoms with E-state index in [4.69, 9.17) is 4.42 Å². The molecule has 3 rings (SSSR count). The van der Waals surface area contributed by atoms with Crippen molar-refractivity contribution in [1.82, 2.24) is 15.1 Å². The van der Waals surface area contributed by atoms with E-state index in [1.807, 2.05) is 41.0 Å². The number of carbonyl (C=O) groups is 2. The topological polar surface area (TPSA) is 79.5 Å². The maximum absolute atomic E-state index is 12.5. The van der Waals surface area contributed by atoms with Crippen LogP contribution in [0.5, 0.6) is 0 Å². The smallest absolute Gasteiger partial charge is 0.318 e. The molecule has 7 nitrogen and oxygen atoms in total. The molecule has 1 aromatic carbocycles. The van der Waals surface area contributed by atoms with Crippen LogP contribution < -0.4 is 4.90 Å². The first kappa shape index (κ1) is 21.0. The molecule has 1 aliphatic rings. The fourth-order valence-electron chi connectivity index (χ4n) is 3.34. The fourth-order valence-corrected chi connectivity index (χ4v) is 3.34. The van der Waals surface area contributed by atoms with Crippen LogP contribution in [0.3, 0.4) is 0 Å². The predicted octanol–water partition coefficient (Wildman–Crippen LogP) is 3.24. The minimum absolute atomic E-state index is 0.00963. The van der Waals surface area contributed by atoms with E-state index in [1.165, 1.54) is 5.56 Å². The maximum Gasteiger partial charge on any atom is 0.318 e. The van der Waals surface area contributed by atoms with Crippen LogP contribution in [0.15, 0.2) is 28.7 Å². The highest BCUT2D eigenvalue weighted by Crippen LogP contribution is 2.23. The lowest BCUT2D eigenvalue weighted by molar-refractivity contribution is -0.131. The molecule has 0 unspecified atom stereocenters. The lowest BCUT2D eigenvalue weighted by Gasteiger charge is -2.33. The van der Waals surface area contributed by atoms with Crippen LogP contribution >= 0.6 is 0 Å². The third kappa shape index (κ3) is 5.22. The highest BCUT2D eigenvalue weighted by Gasteiger charge is 2.24. The number of nitrogens with zero attached hydrogens (tertiary/aromatic N) is 4. The molecule has 2 heterocycles. The zero-order valence-corrected chi connectivity index (χ0v) is 17.8. The van der Waals surface area contributed by atoms with Gasteiger partial charge in [0.05, 0.1) is 0 Å². The van der Waals surface area contributed by atoms with Gasteiger partial charge in [-0.3, -0.25) is 9.59 Å². The second kappa shape index (κ2) is 8.76. The molecule has 1 aromatic heterocycles. The van der Waals surface area contributed by atoms with Gasteiger partial charge in [-0.2, -0.15) is 0 Å². The number of benzene rings is 1. The van der Waals surface area contributed by atoms with Crippen molar-refractivity contribution >= 4 is 17.7 Å². The summed E-state index contributed by atoms with van der Waals surface area (Å²) in [4.78, 5) is 28.8. The highest BCUT2D eigenvalue weighted by atomic mass is 16.4. The van der Waals surface area contributed by atoms with E-state index in [1.54, 1.807) is 0 Å². The summed E-state index contributed by atoms with van der Waals surface area (Å²) in [6, 6.07) is 8.23. The molecular weight excluding hydrogens is 368 g/mol. The average Bonchev–Trinajstić information content (AvgIpc) is 3.20. The summed E-state index contributed by atoms with van der Waals surface area (Å²) in [5.41, 5.74) is 1.91. The van der Waals surface area contributed by atoms with Crippen LogP contribution in [-0.2, 0) is 16.6 Å². The maximum atomic E-state index is 12.5. The summed E-state index contributed by atoms with van der Waals surface area (Å²) in [7, 11) is 0. The second-order valence-corrected chi connectivity index (χ2v) is 8.45. The third-order valence-corrected chi connectivity index (χ3v) is 5.30. The molecule has 0 bridgehead atoms. The number of hydrogen-bond acceptors (Lipinski definition) is 6. The largest absolute Gasteiger partial charge is 0.408 e. The van der Waals surface area contributed by atoms with Gasteiger partial charge in [0.1, 0.15) is 0 Å². The minimum atomic E-state index is 0.00963. The average molecular weight is 399 g/mol. The van der Waals surface area contributed by atoms with Gasteiger partial charge in [-0.25, -0.2) is 0 Å². The minimum Gasteiger partial charge on any atom is -0.408 e. The number of Topliss-reactive ketones (excluding diaryl/α,β-unsaturated/α-hetero) is 1. The lowest BCUT2D eigenvalue weighted by Crippen LogP contribution is -2.49. The number of rotatable bonds is 6. The molecule has 7 heteroatoms. The molecule has 0 spiro atoms. The van der Waals surface area contributed by atoms with Crippen molar-refractivity contribution in [3.63, 3.8) is 0 Å². The number of aryl methyl sites for hydroxylation is 1. The summed E-state index contributed by atoms with van der Waals surface area (Å²) >= 11 is 0. The van der Waals surface area contributed by atoms with E-state index in [9.17, 15) is 9.59 Å². The third-order valence-electron chi connectivity index (χ3n) is 5.30. The van der Waals surface area contributed by atoms with Crippen molar-refractivity contribution in [2.75, 3.05) is 31.1 Å². The number of anilines is 1. The molecule has 1 aliphatic heterocycles.